The van der Waals surface area contributed by atoms with E-state index in [0.29, 0.717) is 11.5 Å². The largest absolute Gasteiger partial charge is 0.353 e. The lowest BCUT2D eigenvalue weighted by Crippen LogP contribution is -2.54. The molecule has 0 spiro atoms. The van der Waals surface area contributed by atoms with Crippen LogP contribution >= 0.6 is 24.0 Å². The lowest BCUT2D eigenvalue weighted by Gasteiger charge is -2.36. The van der Waals surface area contributed by atoms with E-state index >= 15 is 0 Å². The van der Waals surface area contributed by atoms with E-state index < -0.39 is 0 Å². The minimum Gasteiger partial charge on any atom is -0.353 e. The molecule has 2 aliphatic rings. The van der Waals surface area contributed by atoms with Crippen molar-refractivity contribution in [1.29, 1.82) is 0 Å². The number of hydrogen-bond acceptors (Lipinski definition) is 2. The van der Waals surface area contributed by atoms with Crippen LogP contribution in [0.1, 0.15) is 34.1 Å². The monoisotopic (exact) mass is 394 g/mol. The number of aliphatic imine (C=N–C) groups is 1. The summed E-state index contributed by atoms with van der Waals surface area (Å²) >= 11 is 0. The Kier molecular flexibility index (Phi) is 6.09. The molecule has 5 nitrogen and oxygen atoms in total. The van der Waals surface area contributed by atoms with E-state index in [1.807, 2.05) is 4.90 Å². The molecule has 1 unspecified atom stereocenters. The van der Waals surface area contributed by atoms with Crippen LogP contribution in [-0.2, 0) is 4.79 Å². The third-order valence-corrected chi connectivity index (χ3v) is 4.15. The van der Waals surface area contributed by atoms with Crippen LogP contribution in [0, 0.1) is 5.41 Å². The summed E-state index contributed by atoms with van der Waals surface area (Å²) in [5.74, 6) is 1.19. The molecular weight excluding hydrogens is 367 g/mol. The van der Waals surface area contributed by atoms with Crippen molar-refractivity contribution in [2.45, 2.75) is 40.2 Å². The van der Waals surface area contributed by atoms with Crippen LogP contribution in [0.15, 0.2) is 4.99 Å². The second-order valence-electron chi connectivity index (χ2n) is 6.18. The van der Waals surface area contributed by atoms with Crippen molar-refractivity contribution < 1.29 is 4.79 Å². The Morgan fingerprint density at radius 1 is 1.25 bits per heavy atom. The van der Waals surface area contributed by atoms with Gasteiger partial charge in [-0.05, 0) is 18.8 Å². The van der Waals surface area contributed by atoms with E-state index in [1.54, 1.807) is 6.92 Å². The summed E-state index contributed by atoms with van der Waals surface area (Å²) in [6.07, 6.45) is 1.21. The maximum atomic E-state index is 11.3. The predicted octanol–water partition coefficient (Wildman–Crippen LogP) is 1.53. The first-order valence-corrected chi connectivity index (χ1v) is 7.25. The zero-order valence-corrected chi connectivity index (χ0v) is 15.3. The molecule has 1 aliphatic heterocycles. The fourth-order valence-electron chi connectivity index (χ4n) is 2.49. The van der Waals surface area contributed by atoms with Gasteiger partial charge in [0, 0.05) is 45.7 Å². The standard InChI is InChI=1S/C14H26N4O.HI/c1-5-15-13(16-12-10-14(12,3)4)18-8-6-17(7-9-18)11(2)19;/h12H,5-10H2,1-4H3,(H,15,16);1H. The summed E-state index contributed by atoms with van der Waals surface area (Å²) in [6.45, 7) is 12.4. The molecule has 1 saturated heterocycles. The van der Waals surface area contributed by atoms with Gasteiger partial charge in [0.25, 0.3) is 0 Å². The summed E-state index contributed by atoms with van der Waals surface area (Å²) in [7, 11) is 0. The van der Waals surface area contributed by atoms with Gasteiger partial charge in [0.1, 0.15) is 0 Å². The van der Waals surface area contributed by atoms with Crippen LogP contribution in [-0.4, -0.2) is 60.4 Å². The Hall–Kier alpha value is -0.530. The Bertz CT molecular complexity index is 375. The quantitative estimate of drug-likeness (QED) is 0.439. The molecule has 116 valence electrons. The molecule has 2 rings (SSSR count). The number of amides is 1. The minimum absolute atomic E-state index is 0. The van der Waals surface area contributed by atoms with Crippen LogP contribution in [0.3, 0.4) is 0 Å². The molecule has 1 amide bonds. The fourth-order valence-corrected chi connectivity index (χ4v) is 2.49. The van der Waals surface area contributed by atoms with Gasteiger partial charge in [-0.25, -0.2) is 0 Å². The molecule has 0 aromatic carbocycles. The van der Waals surface area contributed by atoms with Crippen LogP contribution < -0.4 is 5.32 Å². The third kappa shape index (κ3) is 4.23. The number of rotatable bonds is 2. The van der Waals surface area contributed by atoms with Gasteiger partial charge < -0.3 is 15.1 Å². The summed E-state index contributed by atoms with van der Waals surface area (Å²) < 4.78 is 0. The van der Waals surface area contributed by atoms with Gasteiger partial charge >= 0.3 is 0 Å². The number of carbonyl (C=O) groups excluding carboxylic acids is 1. The SMILES string of the molecule is CCN=C(NC1CC1(C)C)N1CCN(C(C)=O)CC1.I. The normalized spacial score (nSPS) is 25.0. The Morgan fingerprint density at radius 3 is 2.15 bits per heavy atom. The molecule has 0 bridgehead atoms. The number of nitrogens with one attached hydrogen (secondary N) is 1. The van der Waals surface area contributed by atoms with Crippen molar-refractivity contribution >= 4 is 35.8 Å². The highest BCUT2D eigenvalue weighted by Crippen LogP contribution is 2.44. The van der Waals surface area contributed by atoms with Crippen molar-refractivity contribution in [1.82, 2.24) is 15.1 Å². The number of nitrogens with zero attached hydrogens (tertiary/aromatic N) is 3. The van der Waals surface area contributed by atoms with E-state index in [9.17, 15) is 4.79 Å². The van der Waals surface area contributed by atoms with E-state index in [-0.39, 0.29) is 29.9 Å². The van der Waals surface area contributed by atoms with Crippen LogP contribution in [0.4, 0.5) is 0 Å². The highest BCUT2D eigenvalue weighted by molar-refractivity contribution is 14.0. The third-order valence-electron chi connectivity index (χ3n) is 4.15. The first-order chi connectivity index (χ1) is 8.94. The average molecular weight is 394 g/mol. The molecule has 1 atom stereocenters. The predicted molar refractivity (Wildman–Crippen MR) is 92.5 cm³/mol. The van der Waals surface area contributed by atoms with Crippen LogP contribution in [0.5, 0.6) is 0 Å². The van der Waals surface area contributed by atoms with Gasteiger partial charge in [-0.2, -0.15) is 0 Å². The van der Waals surface area contributed by atoms with Gasteiger partial charge in [-0.1, -0.05) is 13.8 Å². The average Bonchev–Trinajstić information content (AvgIpc) is 2.96. The second kappa shape index (κ2) is 6.95. The van der Waals surface area contributed by atoms with E-state index in [4.69, 9.17) is 0 Å². The topological polar surface area (TPSA) is 47.9 Å². The number of hydrogen-bond donors (Lipinski definition) is 1. The number of piperazine rings is 1. The van der Waals surface area contributed by atoms with E-state index in [0.717, 1.165) is 38.7 Å². The summed E-state index contributed by atoms with van der Waals surface area (Å²) in [5.41, 5.74) is 0.399. The molecule has 0 radical (unpaired) electrons. The molecule has 2 fully saturated rings. The Balaban J connectivity index is 0.00000200. The van der Waals surface area contributed by atoms with Crippen molar-refractivity contribution in [3.63, 3.8) is 0 Å². The van der Waals surface area contributed by atoms with Gasteiger partial charge in [0.15, 0.2) is 5.96 Å². The second-order valence-corrected chi connectivity index (χ2v) is 6.18. The van der Waals surface area contributed by atoms with Crippen molar-refractivity contribution in [3.05, 3.63) is 0 Å². The molecular formula is C14H27IN4O. The Labute approximate surface area is 139 Å². The summed E-state index contributed by atoms with van der Waals surface area (Å²) in [5, 5.41) is 3.57. The fraction of sp³-hybridized carbons (Fsp3) is 0.857. The lowest BCUT2D eigenvalue weighted by molar-refractivity contribution is -0.130. The first-order valence-electron chi connectivity index (χ1n) is 7.25. The van der Waals surface area contributed by atoms with Gasteiger partial charge in [-0.15, -0.1) is 24.0 Å². The molecule has 0 aromatic heterocycles. The highest BCUT2D eigenvalue weighted by Gasteiger charge is 2.46. The molecule has 6 heteroatoms. The zero-order chi connectivity index (χ0) is 14.0. The first kappa shape index (κ1) is 17.5. The molecule has 20 heavy (non-hydrogen) atoms. The smallest absolute Gasteiger partial charge is 0.219 e. The minimum atomic E-state index is 0. The number of carbonyl (C=O) groups is 1. The Morgan fingerprint density at radius 2 is 1.75 bits per heavy atom. The van der Waals surface area contributed by atoms with Crippen molar-refractivity contribution in [3.8, 4) is 0 Å². The van der Waals surface area contributed by atoms with Gasteiger partial charge in [0.05, 0.1) is 0 Å². The molecule has 1 N–H and O–H groups in total. The number of halogens is 1. The zero-order valence-electron chi connectivity index (χ0n) is 13.0. The van der Waals surface area contributed by atoms with Crippen molar-refractivity contribution in [2.75, 3.05) is 32.7 Å². The lowest BCUT2D eigenvalue weighted by atomic mass is 10.2. The maximum absolute atomic E-state index is 11.3. The summed E-state index contributed by atoms with van der Waals surface area (Å²) in [4.78, 5) is 20.1. The van der Waals surface area contributed by atoms with Crippen LogP contribution in [0.25, 0.3) is 0 Å². The molecule has 1 heterocycles. The summed E-state index contributed by atoms with van der Waals surface area (Å²) in [6, 6.07) is 0.545. The van der Waals surface area contributed by atoms with E-state index in [1.165, 1.54) is 6.42 Å². The van der Waals surface area contributed by atoms with E-state index in [2.05, 4.69) is 36.0 Å². The maximum Gasteiger partial charge on any atom is 0.219 e. The van der Waals surface area contributed by atoms with Crippen LogP contribution in [0.2, 0.25) is 0 Å². The molecule has 1 saturated carbocycles. The highest BCUT2D eigenvalue weighted by atomic mass is 127. The van der Waals surface area contributed by atoms with Gasteiger partial charge in [0.2, 0.25) is 5.91 Å². The molecule has 0 aromatic rings. The van der Waals surface area contributed by atoms with Crippen molar-refractivity contribution in [2.24, 2.45) is 10.4 Å². The van der Waals surface area contributed by atoms with Gasteiger partial charge in [-0.3, -0.25) is 9.79 Å². The molecule has 1 aliphatic carbocycles. The number of guanidine groups is 1.